The van der Waals surface area contributed by atoms with Gasteiger partial charge in [-0.15, -0.1) is 0 Å². The lowest BCUT2D eigenvalue weighted by Crippen LogP contribution is -2.56. The molecule has 1 aromatic carbocycles. The number of para-hydroxylation sites is 1. The molecule has 0 aliphatic carbocycles. The summed E-state index contributed by atoms with van der Waals surface area (Å²) in [5.74, 6) is 0. The molecule has 1 aliphatic heterocycles. The van der Waals surface area contributed by atoms with Crippen molar-refractivity contribution in [2.24, 2.45) is 0 Å². The fraction of sp³-hybridized carbons (Fsp3) is 0.533. The van der Waals surface area contributed by atoms with Crippen molar-refractivity contribution in [1.82, 2.24) is 5.32 Å². The van der Waals surface area contributed by atoms with E-state index in [-0.39, 0.29) is 0 Å². The lowest BCUT2D eigenvalue weighted by atomic mass is 10.0. The van der Waals surface area contributed by atoms with Gasteiger partial charge in [0.25, 0.3) is 0 Å². The van der Waals surface area contributed by atoms with Crippen LogP contribution in [-0.4, -0.2) is 25.2 Å². The highest BCUT2D eigenvalue weighted by Crippen LogP contribution is 2.25. The van der Waals surface area contributed by atoms with E-state index < -0.39 is 0 Å². The largest absolute Gasteiger partial charge is 0.365 e. The van der Waals surface area contributed by atoms with Gasteiger partial charge in [0.15, 0.2) is 0 Å². The van der Waals surface area contributed by atoms with E-state index >= 15 is 0 Å². The zero-order valence-electron chi connectivity index (χ0n) is 11.2. The summed E-state index contributed by atoms with van der Waals surface area (Å²) in [5.41, 5.74) is 1.87. The maximum absolute atomic E-state index is 9.24. The number of rotatable bonds is 3. The second-order valence-corrected chi connectivity index (χ2v) is 4.86. The first-order valence-electron chi connectivity index (χ1n) is 6.79. The summed E-state index contributed by atoms with van der Waals surface area (Å²) in [5, 5.41) is 12.8. The SMILES string of the molecule is CCC1CN(c2ccccc2C#N)C(CC)CN1. The molecule has 1 heterocycles. The quantitative estimate of drug-likeness (QED) is 0.886. The Balaban J connectivity index is 2.30. The third kappa shape index (κ3) is 2.49. The highest BCUT2D eigenvalue weighted by atomic mass is 15.2. The smallest absolute Gasteiger partial charge is 0.101 e. The van der Waals surface area contributed by atoms with E-state index in [1.165, 1.54) is 0 Å². The Kier molecular flexibility index (Phi) is 4.22. The van der Waals surface area contributed by atoms with Gasteiger partial charge in [0.05, 0.1) is 11.3 Å². The van der Waals surface area contributed by atoms with Crippen LogP contribution in [0.15, 0.2) is 24.3 Å². The molecule has 1 aliphatic rings. The second-order valence-electron chi connectivity index (χ2n) is 4.86. The maximum atomic E-state index is 9.24. The van der Waals surface area contributed by atoms with Gasteiger partial charge in [-0.1, -0.05) is 26.0 Å². The second kappa shape index (κ2) is 5.88. The Hall–Kier alpha value is -1.53. The molecule has 1 aromatic rings. The lowest BCUT2D eigenvalue weighted by Gasteiger charge is -2.41. The van der Waals surface area contributed by atoms with Gasteiger partial charge in [0.2, 0.25) is 0 Å². The van der Waals surface area contributed by atoms with Crippen molar-refractivity contribution in [1.29, 1.82) is 5.26 Å². The molecular formula is C15H21N3. The van der Waals surface area contributed by atoms with Crippen LogP contribution in [0.5, 0.6) is 0 Å². The predicted molar refractivity (Wildman–Crippen MR) is 74.7 cm³/mol. The average Bonchev–Trinajstić information content (AvgIpc) is 2.46. The third-order valence-electron chi connectivity index (χ3n) is 3.80. The Morgan fingerprint density at radius 2 is 2.11 bits per heavy atom. The molecule has 1 fully saturated rings. The number of hydrogen-bond donors (Lipinski definition) is 1. The van der Waals surface area contributed by atoms with Crippen LogP contribution in [0.25, 0.3) is 0 Å². The van der Waals surface area contributed by atoms with Crippen LogP contribution in [0.3, 0.4) is 0 Å². The fourth-order valence-corrected chi connectivity index (χ4v) is 2.62. The van der Waals surface area contributed by atoms with Gasteiger partial charge in [0, 0.05) is 25.2 Å². The molecule has 96 valence electrons. The lowest BCUT2D eigenvalue weighted by molar-refractivity contribution is 0.378. The molecule has 3 nitrogen and oxygen atoms in total. The first kappa shape index (κ1) is 12.9. The van der Waals surface area contributed by atoms with Gasteiger partial charge in [0.1, 0.15) is 6.07 Å². The van der Waals surface area contributed by atoms with Crippen molar-refractivity contribution in [3.05, 3.63) is 29.8 Å². The molecule has 0 saturated carbocycles. The molecular weight excluding hydrogens is 222 g/mol. The van der Waals surface area contributed by atoms with Crippen molar-refractivity contribution < 1.29 is 0 Å². The molecule has 0 radical (unpaired) electrons. The molecule has 0 amide bonds. The molecule has 2 atom stereocenters. The topological polar surface area (TPSA) is 39.1 Å². The van der Waals surface area contributed by atoms with E-state index in [4.69, 9.17) is 0 Å². The zero-order valence-corrected chi connectivity index (χ0v) is 11.2. The summed E-state index contributed by atoms with van der Waals surface area (Å²) in [6, 6.07) is 11.3. The summed E-state index contributed by atoms with van der Waals surface area (Å²) >= 11 is 0. The normalized spacial score (nSPS) is 23.7. The van der Waals surface area contributed by atoms with Gasteiger partial charge in [-0.2, -0.15) is 5.26 Å². The van der Waals surface area contributed by atoms with Crippen LogP contribution >= 0.6 is 0 Å². The Morgan fingerprint density at radius 1 is 1.33 bits per heavy atom. The summed E-state index contributed by atoms with van der Waals surface area (Å²) in [4.78, 5) is 2.41. The standard InChI is InChI=1S/C15H21N3/c1-3-13-11-18(14(4-2)10-17-13)15-8-6-5-7-12(15)9-16/h5-8,13-14,17H,3-4,10-11H2,1-2H3. The molecule has 1 saturated heterocycles. The highest BCUT2D eigenvalue weighted by Gasteiger charge is 2.27. The number of benzene rings is 1. The Labute approximate surface area is 109 Å². The summed E-state index contributed by atoms with van der Waals surface area (Å²) in [6.45, 7) is 6.42. The minimum atomic E-state index is 0.488. The summed E-state index contributed by atoms with van der Waals surface area (Å²) in [6.07, 6.45) is 2.23. The molecule has 0 aromatic heterocycles. The minimum Gasteiger partial charge on any atom is -0.365 e. The molecule has 18 heavy (non-hydrogen) atoms. The number of hydrogen-bond acceptors (Lipinski definition) is 3. The summed E-state index contributed by atoms with van der Waals surface area (Å²) in [7, 11) is 0. The van der Waals surface area contributed by atoms with E-state index in [0.29, 0.717) is 12.1 Å². The molecule has 0 bridgehead atoms. The van der Waals surface area contributed by atoms with Crippen molar-refractivity contribution >= 4 is 5.69 Å². The van der Waals surface area contributed by atoms with Gasteiger partial charge in [-0.05, 0) is 25.0 Å². The zero-order chi connectivity index (χ0) is 13.0. The van der Waals surface area contributed by atoms with Crippen molar-refractivity contribution in [2.45, 2.75) is 38.8 Å². The summed E-state index contributed by atoms with van der Waals surface area (Å²) < 4.78 is 0. The first-order chi connectivity index (χ1) is 8.80. The van der Waals surface area contributed by atoms with E-state index in [2.05, 4.69) is 36.2 Å². The predicted octanol–water partition coefficient (Wildman–Crippen LogP) is 2.53. The molecule has 2 rings (SSSR count). The van der Waals surface area contributed by atoms with Crippen molar-refractivity contribution in [2.75, 3.05) is 18.0 Å². The number of nitrogens with zero attached hydrogens (tertiary/aromatic N) is 2. The Morgan fingerprint density at radius 3 is 2.78 bits per heavy atom. The maximum Gasteiger partial charge on any atom is 0.101 e. The number of nitrogens with one attached hydrogen (secondary N) is 1. The number of nitriles is 1. The molecule has 2 unspecified atom stereocenters. The van der Waals surface area contributed by atoms with Crippen LogP contribution in [0, 0.1) is 11.3 Å². The van der Waals surface area contributed by atoms with Crippen molar-refractivity contribution in [3.8, 4) is 6.07 Å². The highest BCUT2D eigenvalue weighted by molar-refractivity contribution is 5.60. The van der Waals surface area contributed by atoms with Crippen LogP contribution in [0.4, 0.5) is 5.69 Å². The van der Waals surface area contributed by atoms with Gasteiger partial charge >= 0.3 is 0 Å². The first-order valence-corrected chi connectivity index (χ1v) is 6.79. The Bertz CT molecular complexity index is 436. The van der Waals surface area contributed by atoms with E-state index in [0.717, 1.165) is 37.2 Å². The van der Waals surface area contributed by atoms with Crippen molar-refractivity contribution in [3.63, 3.8) is 0 Å². The third-order valence-corrected chi connectivity index (χ3v) is 3.80. The average molecular weight is 243 g/mol. The minimum absolute atomic E-state index is 0.488. The van der Waals surface area contributed by atoms with Crippen LogP contribution in [0.2, 0.25) is 0 Å². The molecule has 3 heteroatoms. The van der Waals surface area contributed by atoms with Crippen LogP contribution < -0.4 is 10.2 Å². The van der Waals surface area contributed by atoms with Gasteiger partial charge in [-0.3, -0.25) is 0 Å². The number of anilines is 1. The molecule has 0 spiro atoms. The van der Waals surface area contributed by atoms with E-state index in [1.807, 2.05) is 18.2 Å². The van der Waals surface area contributed by atoms with E-state index in [9.17, 15) is 5.26 Å². The van der Waals surface area contributed by atoms with E-state index in [1.54, 1.807) is 0 Å². The molecule has 1 N–H and O–H groups in total. The van der Waals surface area contributed by atoms with Crippen LogP contribution in [-0.2, 0) is 0 Å². The monoisotopic (exact) mass is 243 g/mol. The fourth-order valence-electron chi connectivity index (χ4n) is 2.62. The van der Waals surface area contributed by atoms with Crippen LogP contribution in [0.1, 0.15) is 32.3 Å². The van der Waals surface area contributed by atoms with Gasteiger partial charge in [-0.25, -0.2) is 0 Å². The van der Waals surface area contributed by atoms with Gasteiger partial charge < -0.3 is 10.2 Å². The number of piperazine rings is 1.